The van der Waals surface area contributed by atoms with Gasteiger partial charge >= 0.3 is 0 Å². The van der Waals surface area contributed by atoms with Crippen molar-refractivity contribution >= 4 is 22.7 Å². The van der Waals surface area contributed by atoms with Crippen LogP contribution in [-0.4, -0.2) is 36.1 Å². The molecule has 0 saturated carbocycles. The first-order valence-corrected chi connectivity index (χ1v) is 10.9. The van der Waals surface area contributed by atoms with Crippen molar-refractivity contribution in [3.05, 3.63) is 59.8 Å². The molecule has 3 N–H and O–H groups in total. The topological polar surface area (TPSA) is 92.5 Å². The minimum absolute atomic E-state index is 0.246. The van der Waals surface area contributed by atoms with Gasteiger partial charge in [-0.15, -0.1) is 0 Å². The first-order chi connectivity index (χ1) is 15.4. The van der Waals surface area contributed by atoms with Gasteiger partial charge < -0.3 is 25.1 Å². The third-order valence-corrected chi connectivity index (χ3v) is 5.22. The molecule has 0 aliphatic rings. The highest BCUT2D eigenvalue weighted by molar-refractivity contribution is 5.89. The van der Waals surface area contributed by atoms with E-state index in [1.54, 1.807) is 0 Å². The number of carbonyl (C=O) groups is 2. The van der Waals surface area contributed by atoms with E-state index in [1.807, 2.05) is 69.4 Å². The zero-order valence-electron chi connectivity index (χ0n) is 19.0. The first-order valence-electron chi connectivity index (χ1n) is 10.9. The van der Waals surface area contributed by atoms with Crippen LogP contribution in [0.4, 0.5) is 0 Å². The number of nitrogens with one attached hydrogen (secondary N) is 3. The number of para-hydroxylation sites is 1. The van der Waals surface area contributed by atoms with Crippen LogP contribution in [-0.2, 0) is 16.0 Å². The Balaban J connectivity index is 1.77. The van der Waals surface area contributed by atoms with Crippen LogP contribution in [0.5, 0.6) is 11.5 Å². The summed E-state index contributed by atoms with van der Waals surface area (Å²) in [5.41, 5.74) is 2.86. The third kappa shape index (κ3) is 5.60. The number of H-pyrrole nitrogens is 1. The number of benzene rings is 2. The van der Waals surface area contributed by atoms with Gasteiger partial charge in [-0.2, -0.15) is 0 Å². The maximum Gasteiger partial charge on any atom is 0.243 e. The molecule has 7 heteroatoms. The lowest BCUT2D eigenvalue weighted by atomic mass is 10.0. The van der Waals surface area contributed by atoms with E-state index in [0.717, 1.165) is 22.0 Å². The van der Waals surface area contributed by atoms with Gasteiger partial charge in [0.15, 0.2) is 11.5 Å². The molecule has 3 rings (SSSR count). The van der Waals surface area contributed by atoms with Gasteiger partial charge in [-0.1, -0.05) is 24.3 Å². The van der Waals surface area contributed by atoms with Gasteiger partial charge in [0, 0.05) is 30.4 Å². The van der Waals surface area contributed by atoms with Crippen LogP contribution in [0, 0.1) is 0 Å². The quantitative estimate of drug-likeness (QED) is 0.449. The summed E-state index contributed by atoms with van der Waals surface area (Å²) in [6.45, 7) is 8.20. The molecule has 0 spiro atoms. The zero-order valence-corrected chi connectivity index (χ0v) is 19.0. The van der Waals surface area contributed by atoms with Crippen molar-refractivity contribution < 1.29 is 19.1 Å². The van der Waals surface area contributed by atoms with E-state index in [9.17, 15) is 9.59 Å². The van der Waals surface area contributed by atoms with Gasteiger partial charge in [0.05, 0.1) is 19.3 Å². The van der Waals surface area contributed by atoms with E-state index < -0.39 is 6.04 Å². The minimum atomic E-state index is -0.691. The van der Waals surface area contributed by atoms with Crippen LogP contribution in [0.3, 0.4) is 0 Å². The second-order valence-corrected chi connectivity index (χ2v) is 7.62. The second-order valence-electron chi connectivity index (χ2n) is 7.62. The van der Waals surface area contributed by atoms with Crippen LogP contribution in [0.2, 0.25) is 0 Å². The number of amides is 2. The van der Waals surface area contributed by atoms with E-state index in [-0.39, 0.29) is 17.9 Å². The minimum Gasteiger partial charge on any atom is -0.490 e. The molecule has 7 nitrogen and oxygen atoms in total. The fourth-order valence-corrected chi connectivity index (χ4v) is 3.71. The first kappa shape index (κ1) is 23.2. The van der Waals surface area contributed by atoms with Gasteiger partial charge in [-0.05, 0) is 50.1 Å². The van der Waals surface area contributed by atoms with Gasteiger partial charge in [0.1, 0.15) is 6.04 Å². The molecule has 2 atom stereocenters. The number of aromatic amines is 1. The van der Waals surface area contributed by atoms with Gasteiger partial charge in [-0.3, -0.25) is 9.59 Å². The molecule has 2 aromatic carbocycles. The molecule has 1 heterocycles. The Kier molecular flexibility index (Phi) is 7.76. The lowest BCUT2D eigenvalue weighted by Gasteiger charge is -2.22. The fourth-order valence-electron chi connectivity index (χ4n) is 3.71. The molecular weight excluding hydrogens is 406 g/mol. The lowest BCUT2D eigenvalue weighted by molar-refractivity contribution is -0.128. The lowest BCUT2D eigenvalue weighted by Crippen LogP contribution is -2.47. The van der Waals surface area contributed by atoms with E-state index in [4.69, 9.17) is 9.47 Å². The Morgan fingerprint density at radius 1 is 1.00 bits per heavy atom. The molecule has 32 heavy (non-hydrogen) atoms. The zero-order chi connectivity index (χ0) is 23.1. The standard InChI is InChI=1S/C25H31N3O4/c1-5-31-23-12-11-18(14-24(23)32-6-2)16(3)27-25(30)22(28-17(4)29)13-19-15-26-21-10-8-7-9-20(19)21/h7-12,14-16,22,26H,5-6,13H2,1-4H3,(H,27,30)(H,28,29)/t16?,22-/m0/s1. The maximum absolute atomic E-state index is 13.1. The van der Waals surface area contributed by atoms with E-state index >= 15 is 0 Å². The van der Waals surface area contributed by atoms with Crippen LogP contribution in [0.25, 0.3) is 10.9 Å². The predicted octanol–water partition coefficient (Wildman–Crippen LogP) is 3.89. The Bertz CT molecular complexity index is 1080. The fraction of sp³-hybridized carbons (Fsp3) is 0.360. The smallest absolute Gasteiger partial charge is 0.243 e. The van der Waals surface area contributed by atoms with Crippen molar-refractivity contribution in [1.29, 1.82) is 0 Å². The third-order valence-electron chi connectivity index (χ3n) is 5.22. The number of rotatable bonds is 10. The number of ether oxygens (including phenoxy) is 2. The van der Waals surface area contributed by atoms with Crippen LogP contribution in [0.15, 0.2) is 48.7 Å². The molecule has 1 unspecified atom stereocenters. The number of hydrogen-bond donors (Lipinski definition) is 3. The number of fused-ring (bicyclic) bond motifs is 1. The van der Waals surface area contributed by atoms with Crippen LogP contribution in [0.1, 0.15) is 44.9 Å². The summed E-state index contributed by atoms with van der Waals surface area (Å²) in [5, 5.41) is 6.85. The maximum atomic E-state index is 13.1. The van der Waals surface area contributed by atoms with Gasteiger partial charge in [-0.25, -0.2) is 0 Å². The summed E-state index contributed by atoms with van der Waals surface area (Å²) in [7, 11) is 0. The SMILES string of the molecule is CCOc1ccc(C(C)NC(=O)[C@H](Cc2c[nH]c3ccccc23)NC(C)=O)cc1OCC. The molecule has 0 aliphatic carbocycles. The van der Waals surface area contributed by atoms with Crippen molar-refractivity contribution in [2.75, 3.05) is 13.2 Å². The molecule has 170 valence electrons. The highest BCUT2D eigenvalue weighted by atomic mass is 16.5. The van der Waals surface area contributed by atoms with Crippen LogP contribution < -0.4 is 20.1 Å². The average Bonchev–Trinajstić information content (AvgIpc) is 3.17. The summed E-state index contributed by atoms with van der Waals surface area (Å²) < 4.78 is 11.3. The molecule has 2 amide bonds. The molecule has 0 radical (unpaired) electrons. The molecule has 0 saturated heterocycles. The highest BCUT2D eigenvalue weighted by Gasteiger charge is 2.23. The molecule has 0 fully saturated rings. The number of carbonyl (C=O) groups excluding carboxylic acids is 2. The summed E-state index contributed by atoms with van der Waals surface area (Å²) in [5.74, 6) is 0.819. The summed E-state index contributed by atoms with van der Waals surface area (Å²) in [4.78, 5) is 28.1. The van der Waals surface area contributed by atoms with Crippen molar-refractivity contribution in [2.45, 2.75) is 46.2 Å². The molecule has 0 bridgehead atoms. The predicted molar refractivity (Wildman–Crippen MR) is 125 cm³/mol. The average molecular weight is 438 g/mol. The summed E-state index contributed by atoms with van der Waals surface area (Å²) in [6, 6.07) is 12.6. The van der Waals surface area contributed by atoms with Crippen molar-refractivity contribution in [2.24, 2.45) is 0 Å². The summed E-state index contributed by atoms with van der Waals surface area (Å²) in [6.07, 6.45) is 2.27. The van der Waals surface area contributed by atoms with E-state index in [0.29, 0.717) is 31.1 Å². The molecule has 0 aliphatic heterocycles. The van der Waals surface area contributed by atoms with Gasteiger partial charge in [0.25, 0.3) is 0 Å². The Hall–Kier alpha value is -3.48. The van der Waals surface area contributed by atoms with E-state index in [2.05, 4.69) is 15.6 Å². The second kappa shape index (κ2) is 10.7. The monoisotopic (exact) mass is 437 g/mol. The Morgan fingerprint density at radius 3 is 2.44 bits per heavy atom. The van der Waals surface area contributed by atoms with Crippen molar-refractivity contribution in [3.8, 4) is 11.5 Å². The molecule has 1 aromatic heterocycles. The summed E-state index contributed by atoms with van der Waals surface area (Å²) >= 11 is 0. The Labute approximate surface area is 188 Å². The number of aromatic nitrogens is 1. The van der Waals surface area contributed by atoms with Crippen LogP contribution >= 0.6 is 0 Å². The van der Waals surface area contributed by atoms with Crippen molar-refractivity contribution in [1.82, 2.24) is 15.6 Å². The molecular formula is C25H31N3O4. The van der Waals surface area contributed by atoms with Crippen molar-refractivity contribution in [3.63, 3.8) is 0 Å². The number of hydrogen-bond acceptors (Lipinski definition) is 4. The molecule has 3 aromatic rings. The Morgan fingerprint density at radius 2 is 1.72 bits per heavy atom. The normalized spacial score (nSPS) is 12.8. The van der Waals surface area contributed by atoms with E-state index in [1.165, 1.54) is 6.92 Å². The highest BCUT2D eigenvalue weighted by Crippen LogP contribution is 2.31. The van der Waals surface area contributed by atoms with Gasteiger partial charge in [0.2, 0.25) is 11.8 Å². The largest absolute Gasteiger partial charge is 0.490 e.